The number of rotatable bonds is 7. The minimum atomic E-state index is -0.408. The molecule has 6 nitrogen and oxygen atoms in total. The third kappa shape index (κ3) is 5.58. The zero-order chi connectivity index (χ0) is 24.3. The topological polar surface area (TPSA) is 65.7 Å². The summed E-state index contributed by atoms with van der Waals surface area (Å²) in [7, 11) is 0. The van der Waals surface area contributed by atoms with Crippen molar-refractivity contribution in [3.63, 3.8) is 0 Å². The smallest absolute Gasteiger partial charge is 0.282 e. The Labute approximate surface area is 218 Å². The van der Waals surface area contributed by atoms with Crippen molar-refractivity contribution in [1.29, 1.82) is 0 Å². The van der Waals surface area contributed by atoms with E-state index in [1.54, 1.807) is 18.4 Å². The van der Waals surface area contributed by atoms with E-state index in [4.69, 9.17) is 14.5 Å². The van der Waals surface area contributed by atoms with Gasteiger partial charge in [0.15, 0.2) is 11.5 Å². The molecule has 0 aliphatic heterocycles. The molecule has 33 heavy (non-hydrogen) atoms. The summed E-state index contributed by atoms with van der Waals surface area (Å²) >= 11 is 10.6. The Morgan fingerprint density at radius 2 is 1.88 bits per heavy atom. The van der Waals surface area contributed by atoms with Gasteiger partial charge in [-0.25, -0.2) is 4.98 Å². The van der Waals surface area contributed by atoms with Crippen LogP contribution in [0.15, 0.2) is 60.2 Å². The number of ether oxygens (including phenoxy) is 2. The van der Waals surface area contributed by atoms with E-state index in [1.165, 1.54) is 4.68 Å². The maximum Gasteiger partial charge on any atom is 0.282 e. The molecule has 3 rings (SSSR count). The predicted molar refractivity (Wildman–Crippen MR) is 144 cm³/mol. The standard InChI is InChI=1S/C24H24Br3N3O3/c1-6-10-33-21-18(32-7-2)11-14(19(26)20(21)27)13-28-30-22(31)16-12-15(25)8-9-17(16)29-23(30)24(3,4)5/h6,8-9,11-13H,1,7,10H2,2-5H3. The van der Waals surface area contributed by atoms with E-state index >= 15 is 0 Å². The van der Waals surface area contributed by atoms with Gasteiger partial charge in [-0.2, -0.15) is 9.78 Å². The first-order chi connectivity index (χ1) is 15.6. The fourth-order valence-electron chi connectivity index (χ4n) is 3.10. The average molecular weight is 642 g/mol. The van der Waals surface area contributed by atoms with Crippen LogP contribution in [0.4, 0.5) is 0 Å². The Balaban J connectivity index is 2.20. The number of hydrogen-bond acceptors (Lipinski definition) is 5. The number of benzene rings is 2. The third-order valence-corrected chi connectivity index (χ3v) is 7.23. The molecule has 0 fully saturated rings. The second-order valence-corrected chi connectivity index (χ2v) is 10.7. The lowest BCUT2D eigenvalue weighted by atomic mass is 9.95. The first-order valence-electron chi connectivity index (χ1n) is 10.2. The molecule has 0 unspecified atom stereocenters. The summed E-state index contributed by atoms with van der Waals surface area (Å²) in [6.45, 7) is 12.4. The van der Waals surface area contributed by atoms with Crippen molar-refractivity contribution in [2.45, 2.75) is 33.1 Å². The Kier molecular flexibility index (Phi) is 8.18. The zero-order valence-electron chi connectivity index (χ0n) is 18.8. The number of nitrogens with zero attached hydrogens (tertiary/aromatic N) is 3. The van der Waals surface area contributed by atoms with Gasteiger partial charge in [0, 0.05) is 19.9 Å². The first-order valence-corrected chi connectivity index (χ1v) is 12.6. The molecule has 9 heteroatoms. The fourth-order valence-corrected chi connectivity index (χ4v) is 4.40. The summed E-state index contributed by atoms with van der Waals surface area (Å²) in [5, 5.41) is 5.04. The Bertz CT molecular complexity index is 1290. The van der Waals surface area contributed by atoms with Gasteiger partial charge in [0.05, 0.1) is 28.2 Å². The molecule has 0 N–H and O–H groups in total. The highest BCUT2D eigenvalue weighted by atomic mass is 79.9. The SMILES string of the molecule is C=CCOc1c(OCC)cc(C=Nn2c(C(C)(C)C)nc3ccc(Br)cc3c2=O)c(Br)c1Br. The van der Waals surface area contributed by atoms with E-state index in [9.17, 15) is 4.79 Å². The molecule has 0 spiro atoms. The maximum atomic E-state index is 13.4. The van der Waals surface area contributed by atoms with Gasteiger partial charge in [-0.3, -0.25) is 4.79 Å². The summed E-state index contributed by atoms with van der Waals surface area (Å²) in [6.07, 6.45) is 3.27. The van der Waals surface area contributed by atoms with Crippen molar-refractivity contribution >= 4 is 64.9 Å². The molecule has 0 saturated carbocycles. The number of halogens is 3. The van der Waals surface area contributed by atoms with Gasteiger partial charge in [0.25, 0.3) is 5.56 Å². The first kappa shape index (κ1) is 25.6. The van der Waals surface area contributed by atoms with E-state index in [1.807, 2.05) is 45.9 Å². The minimum Gasteiger partial charge on any atom is -0.490 e. The lowest BCUT2D eigenvalue weighted by molar-refractivity contribution is 0.295. The van der Waals surface area contributed by atoms with Crippen LogP contribution in [0, 0.1) is 0 Å². The molecule has 3 aromatic rings. The Morgan fingerprint density at radius 3 is 2.52 bits per heavy atom. The molecule has 1 aromatic heterocycles. The van der Waals surface area contributed by atoms with Crippen LogP contribution in [0.1, 0.15) is 39.1 Å². The summed E-state index contributed by atoms with van der Waals surface area (Å²) < 4.78 is 15.1. The number of fused-ring (bicyclic) bond motifs is 1. The molecule has 0 amide bonds. The van der Waals surface area contributed by atoms with Gasteiger partial charge in [-0.15, -0.1) is 0 Å². The molecule has 0 radical (unpaired) electrons. The highest BCUT2D eigenvalue weighted by molar-refractivity contribution is 9.13. The quantitative estimate of drug-likeness (QED) is 0.210. The third-order valence-electron chi connectivity index (χ3n) is 4.59. The second kappa shape index (κ2) is 10.5. The van der Waals surface area contributed by atoms with E-state index < -0.39 is 5.41 Å². The van der Waals surface area contributed by atoms with Crippen LogP contribution in [0.3, 0.4) is 0 Å². The summed E-state index contributed by atoms with van der Waals surface area (Å²) in [6, 6.07) is 7.27. The van der Waals surface area contributed by atoms with Crippen LogP contribution in [0.2, 0.25) is 0 Å². The number of hydrogen-bond donors (Lipinski definition) is 0. The van der Waals surface area contributed by atoms with Crippen LogP contribution in [-0.2, 0) is 5.41 Å². The lowest BCUT2D eigenvalue weighted by Gasteiger charge is -2.21. The highest BCUT2D eigenvalue weighted by Crippen LogP contribution is 2.42. The number of aromatic nitrogens is 2. The van der Waals surface area contributed by atoms with Gasteiger partial charge < -0.3 is 9.47 Å². The molecule has 0 aliphatic rings. The molecule has 0 saturated heterocycles. The fraction of sp³-hybridized carbons (Fsp3) is 0.292. The molecule has 174 valence electrons. The largest absolute Gasteiger partial charge is 0.490 e. The van der Waals surface area contributed by atoms with E-state index in [0.29, 0.717) is 51.5 Å². The van der Waals surface area contributed by atoms with Gasteiger partial charge >= 0.3 is 0 Å². The molecule has 1 heterocycles. The van der Waals surface area contributed by atoms with Gasteiger partial charge in [0.2, 0.25) is 0 Å². The van der Waals surface area contributed by atoms with E-state index in [0.717, 1.165) is 8.95 Å². The van der Waals surface area contributed by atoms with Crippen LogP contribution in [-0.4, -0.2) is 29.1 Å². The molecule has 0 atom stereocenters. The van der Waals surface area contributed by atoms with E-state index in [2.05, 4.69) is 59.5 Å². The van der Waals surface area contributed by atoms with Crippen LogP contribution in [0.25, 0.3) is 10.9 Å². The summed E-state index contributed by atoms with van der Waals surface area (Å²) in [4.78, 5) is 18.1. The van der Waals surface area contributed by atoms with Crippen LogP contribution >= 0.6 is 47.8 Å². The molecular formula is C24H24Br3N3O3. The van der Waals surface area contributed by atoms with Crippen molar-refractivity contribution in [3.8, 4) is 11.5 Å². The van der Waals surface area contributed by atoms with Crippen molar-refractivity contribution in [2.75, 3.05) is 13.2 Å². The monoisotopic (exact) mass is 639 g/mol. The lowest BCUT2D eigenvalue weighted by Crippen LogP contribution is -2.29. The van der Waals surface area contributed by atoms with Crippen LogP contribution < -0.4 is 15.0 Å². The molecule has 0 aliphatic carbocycles. The maximum absolute atomic E-state index is 13.4. The highest BCUT2D eigenvalue weighted by Gasteiger charge is 2.23. The van der Waals surface area contributed by atoms with E-state index in [-0.39, 0.29) is 5.56 Å². The predicted octanol–water partition coefficient (Wildman–Crippen LogP) is 6.83. The average Bonchev–Trinajstić information content (AvgIpc) is 2.75. The molecule has 2 aromatic carbocycles. The normalized spacial score (nSPS) is 11.8. The zero-order valence-corrected chi connectivity index (χ0v) is 23.5. The van der Waals surface area contributed by atoms with Gasteiger partial charge in [0.1, 0.15) is 12.4 Å². The Hall–Kier alpha value is -1.97. The van der Waals surface area contributed by atoms with Crippen molar-refractivity contribution in [3.05, 3.63) is 72.1 Å². The van der Waals surface area contributed by atoms with Gasteiger partial charge in [-0.1, -0.05) is 49.4 Å². The van der Waals surface area contributed by atoms with Crippen molar-refractivity contribution < 1.29 is 9.47 Å². The summed E-state index contributed by atoms with van der Waals surface area (Å²) in [5.74, 6) is 1.68. The molecular weight excluding hydrogens is 618 g/mol. The van der Waals surface area contributed by atoms with Crippen molar-refractivity contribution in [1.82, 2.24) is 9.66 Å². The van der Waals surface area contributed by atoms with Crippen LogP contribution in [0.5, 0.6) is 11.5 Å². The second-order valence-electron chi connectivity index (χ2n) is 8.16. The van der Waals surface area contributed by atoms with Gasteiger partial charge in [-0.05, 0) is 63.0 Å². The Morgan fingerprint density at radius 1 is 1.15 bits per heavy atom. The minimum absolute atomic E-state index is 0.242. The summed E-state index contributed by atoms with van der Waals surface area (Å²) in [5.41, 5.74) is 0.686. The van der Waals surface area contributed by atoms with Crippen molar-refractivity contribution in [2.24, 2.45) is 5.10 Å². The molecule has 0 bridgehead atoms.